The van der Waals surface area contributed by atoms with Gasteiger partial charge >= 0.3 is 0 Å². The monoisotopic (exact) mass is 604 g/mol. The van der Waals surface area contributed by atoms with Gasteiger partial charge in [0.15, 0.2) is 0 Å². The van der Waals surface area contributed by atoms with Crippen molar-refractivity contribution >= 4 is 75.1 Å². The number of benzene rings is 7. The molecule has 216 valence electrons. The minimum atomic E-state index is 1.16. The fourth-order valence-electron chi connectivity index (χ4n) is 7.49. The SMILES string of the molecule is Cc1ccc2c(c1)c1cc3c4ccccc4n(-c4ccc(-c5cccc6c5sc5ccccc56)cc4)c3cc1n2-c1ccccc1. The molecule has 0 amide bonds. The van der Waals surface area contributed by atoms with Crippen molar-refractivity contribution in [1.29, 1.82) is 0 Å². The Morgan fingerprint density at radius 2 is 1.04 bits per heavy atom. The Balaban J connectivity index is 1.22. The van der Waals surface area contributed by atoms with Gasteiger partial charge in [-0.15, -0.1) is 11.3 Å². The molecule has 0 atom stereocenters. The van der Waals surface area contributed by atoms with E-state index in [1.165, 1.54) is 86.2 Å². The first-order valence-electron chi connectivity index (χ1n) is 15.8. The van der Waals surface area contributed by atoms with Gasteiger partial charge in [-0.25, -0.2) is 0 Å². The van der Waals surface area contributed by atoms with Crippen LogP contribution in [0.15, 0.2) is 152 Å². The van der Waals surface area contributed by atoms with E-state index in [0.717, 1.165) is 5.69 Å². The molecule has 3 aromatic heterocycles. The van der Waals surface area contributed by atoms with Gasteiger partial charge in [-0.3, -0.25) is 0 Å². The van der Waals surface area contributed by atoms with E-state index in [-0.39, 0.29) is 0 Å². The van der Waals surface area contributed by atoms with Crippen molar-refractivity contribution in [1.82, 2.24) is 9.13 Å². The smallest absolute Gasteiger partial charge is 0.0562 e. The van der Waals surface area contributed by atoms with E-state index in [4.69, 9.17) is 0 Å². The fourth-order valence-corrected chi connectivity index (χ4v) is 8.73. The third-order valence-corrected chi connectivity index (χ3v) is 10.8. The highest BCUT2D eigenvalue weighted by Gasteiger charge is 2.19. The molecule has 0 bridgehead atoms. The van der Waals surface area contributed by atoms with E-state index in [0.29, 0.717) is 0 Å². The van der Waals surface area contributed by atoms with Crippen molar-refractivity contribution in [3.05, 3.63) is 157 Å². The van der Waals surface area contributed by atoms with Gasteiger partial charge in [0, 0.05) is 53.1 Å². The number of nitrogens with zero attached hydrogens (tertiary/aromatic N) is 2. The highest BCUT2D eigenvalue weighted by Crippen LogP contribution is 2.42. The van der Waals surface area contributed by atoms with Gasteiger partial charge in [0.2, 0.25) is 0 Å². The Labute approximate surface area is 270 Å². The van der Waals surface area contributed by atoms with Gasteiger partial charge in [0.05, 0.1) is 22.1 Å². The minimum absolute atomic E-state index is 1.16. The topological polar surface area (TPSA) is 9.86 Å². The van der Waals surface area contributed by atoms with E-state index >= 15 is 0 Å². The first-order chi connectivity index (χ1) is 22.7. The zero-order valence-corrected chi connectivity index (χ0v) is 26.1. The molecule has 3 heterocycles. The zero-order chi connectivity index (χ0) is 30.4. The van der Waals surface area contributed by atoms with Crippen molar-refractivity contribution in [3.63, 3.8) is 0 Å². The van der Waals surface area contributed by atoms with Crippen molar-refractivity contribution in [2.45, 2.75) is 6.92 Å². The molecular formula is C43H28N2S. The molecule has 46 heavy (non-hydrogen) atoms. The molecule has 0 N–H and O–H groups in total. The molecule has 0 fully saturated rings. The number of hydrogen-bond acceptors (Lipinski definition) is 1. The van der Waals surface area contributed by atoms with Gasteiger partial charge in [-0.05, 0) is 78.7 Å². The normalized spacial score (nSPS) is 12.0. The molecule has 2 nitrogen and oxygen atoms in total. The minimum Gasteiger partial charge on any atom is -0.309 e. The second-order valence-corrected chi connectivity index (χ2v) is 13.3. The summed E-state index contributed by atoms with van der Waals surface area (Å²) in [6, 6.07) is 55.8. The number of rotatable bonds is 3. The Morgan fingerprint density at radius 3 is 1.87 bits per heavy atom. The number of aromatic nitrogens is 2. The van der Waals surface area contributed by atoms with Crippen molar-refractivity contribution in [3.8, 4) is 22.5 Å². The van der Waals surface area contributed by atoms with Gasteiger partial charge in [0.25, 0.3) is 0 Å². The van der Waals surface area contributed by atoms with Crippen LogP contribution in [-0.2, 0) is 0 Å². The fraction of sp³-hybridized carbons (Fsp3) is 0.0233. The second kappa shape index (κ2) is 9.68. The Hall–Kier alpha value is -5.64. The van der Waals surface area contributed by atoms with Crippen LogP contribution in [0.3, 0.4) is 0 Å². The zero-order valence-electron chi connectivity index (χ0n) is 25.2. The molecule has 0 aliphatic rings. The maximum atomic E-state index is 2.44. The van der Waals surface area contributed by atoms with Crippen LogP contribution < -0.4 is 0 Å². The average Bonchev–Trinajstić information content (AvgIpc) is 3.75. The summed E-state index contributed by atoms with van der Waals surface area (Å²) in [4.78, 5) is 0. The number of thiophene rings is 1. The maximum Gasteiger partial charge on any atom is 0.0562 e. The molecule has 10 rings (SSSR count). The van der Waals surface area contributed by atoms with Gasteiger partial charge in [-0.1, -0.05) is 96.6 Å². The van der Waals surface area contributed by atoms with E-state index in [9.17, 15) is 0 Å². The third kappa shape index (κ3) is 3.64. The van der Waals surface area contributed by atoms with Crippen LogP contribution in [0.25, 0.3) is 86.3 Å². The van der Waals surface area contributed by atoms with Crippen LogP contribution in [0.5, 0.6) is 0 Å². The Kier molecular flexibility index (Phi) is 5.40. The van der Waals surface area contributed by atoms with Crippen LogP contribution in [-0.4, -0.2) is 9.13 Å². The average molecular weight is 605 g/mol. The number of para-hydroxylation sites is 2. The van der Waals surface area contributed by atoms with Crippen molar-refractivity contribution < 1.29 is 0 Å². The summed E-state index contributed by atoms with van der Waals surface area (Å²) in [5.74, 6) is 0. The van der Waals surface area contributed by atoms with Crippen LogP contribution in [0.1, 0.15) is 5.56 Å². The van der Waals surface area contributed by atoms with Gasteiger partial charge in [0.1, 0.15) is 0 Å². The Bertz CT molecular complexity index is 2790. The predicted molar refractivity (Wildman–Crippen MR) is 198 cm³/mol. The first kappa shape index (κ1) is 25.7. The molecule has 0 spiro atoms. The van der Waals surface area contributed by atoms with Crippen molar-refractivity contribution in [2.24, 2.45) is 0 Å². The van der Waals surface area contributed by atoms with E-state index < -0.39 is 0 Å². The van der Waals surface area contributed by atoms with Crippen LogP contribution >= 0.6 is 11.3 Å². The molecule has 0 aliphatic heterocycles. The van der Waals surface area contributed by atoms with E-state index in [1.54, 1.807) is 0 Å². The predicted octanol–water partition coefficient (Wildman–Crippen LogP) is 12.2. The standard InChI is InChI=1S/C43H28N2S/c1-27-18-23-39-35(24-27)37-25-36-32-12-5-7-16-38(32)45(40(36)26-41(37)44(39)29-10-3-2-4-11-29)30-21-19-28(20-22-30)31-14-9-15-34-33-13-6-8-17-42(33)46-43(31)34/h2-26H,1H3. The molecule has 7 aromatic carbocycles. The quantitative estimate of drug-likeness (QED) is 0.190. The van der Waals surface area contributed by atoms with Crippen LogP contribution in [0, 0.1) is 6.92 Å². The van der Waals surface area contributed by atoms with Crippen LogP contribution in [0.2, 0.25) is 0 Å². The molecule has 0 saturated heterocycles. The molecule has 10 aromatic rings. The van der Waals surface area contributed by atoms with E-state index in [1.807, 2.05) is 11.3 Å². The lowest BCUT2D eigenvalue weighted by Gasteiger charge is -2.11. The molecule has 3 heteroatoms. The summed E-state index contributed by atoms with van der Waals surface area (Å²) in [6.45, 7) is 2.18. The molecule has 0 unspecified atom stereocenters. The highest BCUT2D eigenvalue weighted by molar-refractivity contribution is 7.26. The number of aryl methyl sites for hydroxylation is 1. The summed E-state index contributed by atoms with van der Waals surface area (Å²) in [6.07, 6.45) is 0. The lowest BCUT2D eigenvalue weighted by Crippen LogP contribution is -1.96. The highest BCUT2D eigenvalue weighted by atomic mass is 32.1. The molecular weight excluding hydrogens is 577 g/mol. The largest absolute Gasteiger partial charge is 0.309 e. The lowest BCUT2D eigenvalue weighted by molar-refractivity contribution is 1.16. The van der Waals surface area contributed by atoms with Gasteiger partial charge in [-0.2, -0.15) is 0 Å². The summed E-state index contributed by atoms with van der Waals surface area (Å²) in [5.41, 5.74) is 11.0. The molecule has 0 saturated carbocycles. The second-order valence-electron chi connectivity index (χ2n) is 12.3. The first-order valence-corrected chi connectivity index (χ1v) is 16.6. The third-order valence-electron chi connectivity index (χ3n) is 9.57. The summed E-state index contributed by atoms with van der Waals surface area (Å²) in [7, 11) is 0. The lowest BCUT2D eigenvalue weighted by atomic mass is 10.0. The van der Waals surface area contributed by atoms with Gasteiger partial charge < -0.3 is 9.13 Å². The number of fused-ring (bicyclic) bond motifs is 9. The number of hydrogen-bond donors (Lipinski definition) is 0. The van der Waals surface area contributed by atoms with Crippen molar-refractivity contribution in [2.75, 3.05) is 0 Å². The Morgan fingerprint density at radius 1 is 0.413 bits per heavy atom. The summed E-state index contributed by atoms with van der Waals surface area (Å²) < 4.78 is 7.54. The van der Waals surface area contributed by atoms with E-state index in [2.05, 4.69) is 168 Å². The summed E-state index contributed by atoms with van der Waals surface area (Å²) >= 11 is 1.88. The summed E-state index contributed by atoms with van der Waals surface area (Å²) in [5, 5.41) is 7.78. The van der Waals surface area contributed by atoms with Crippen LogP contribution in [0.4, 0.5) is 0 Å². The molecule has 0 aliphatic carbocycles. The molecule has 0 radical (unpaired) electrons. The maximum absolute atomic E-state index is 2.44.